The first kappa shape index (κ1) is 11.9. The summed E-state index contributed by atoms with van der Waals surface area (Å²) in [6, 6.07) is 2.28. The van der Waals surface area contributed by atoms with Crippen LogP contribution in [0.25, 0.3) is 0 Å². The third kappa shape index (κ3) is 3.16. The first-order valence-corrected chi connectivity index (χ1v) is 4.74. The highest BCUT2D eigenvalue weighted by molar-refractivity contribution is 5.30. The number of hydrogen-bond donors (Lipinski definition) is 1. The van der Waals surface area contributed by atoms with Gasteiger partial charge >= 0.3 is 0 Å². The van der Waals surface area contributed by atoms with Crippen molar-refractivity contribution in [1.29, 1.82) is 0 Å². The van der Waals surface area contributed by atoms with Gasteiger partial charge in [0, 0.05) is 17.7 Å². The summed E-state index contributed by atoms with van der Waals surface area (Å²) in [5, 5.41) is 9.03. The van der Waals surface area contributed by atoms with Crippen LogP contribution in [0.15, 0.2) is 12.1 Å². The molecule has 0 saturated carbocycles. The fourth-order valence-corrected chi connectivity index (χ4v) is 1.29. The lowest BCUT2D eigenvalue weighted by Gasteiger charge is -2.08. The summed E-state index contributed by atoms with van der Waals surface area (Å²) in [4.78, 5) is 0. The molecule has 0 spiro atoms. The minimum atomic E-state index is -0.632. The van der Waals surface area contributed by atoms with Crippen molar-refractivity contribution >= 4 is 0 Å². The molecular formula is C11H14F2O2. The van der Waals surface area contributed by atoms with Crippen LogP contribution in [0.4, 0.5) is 8.78 Å². The molecule has 0 fully saturated rings. The Morgan fingerprint density at radius 1 is 1.33 bits per heavy atom. The molecule has 0 unspecified atom stereocenters. The second-order valence-corrected chi connectivity index (χ2v) is 3.46. The lowest BCUT2D eigenvalue weighted by molar-refractivity contribution is 0.184. The standard InChI is InChI=1S/C11H14F2O2/c1-7(14)3-4-9-10(12)5-8(15-2)6-11(9)13/h5-7,14H,3-4H2,1-2H3/t7-/m1/s1. The molecule has 1 atom stereocenters. The first-order valence-electron chi connectivity index (χ1n) is 4.74. The second-order valence-electron chi connectivity index (χ2n) is 3.46. The summed E-state index contributed by atoms with van der Waals surface area (Å²) in [6.45, 7) is 1.58. The summed E-state index contributed by atoms with van der Waals surface area (Å²) in [7, 11) is 1.35. The number of halogens is 2. The van der Waals surface area contributed by atoms with Crippen LogP contribution in [-0.2, 0) is 6.42 Å². The molecule has 0 aromatic heterocycles. The molecule has 1 N–H and O–H groups in total. The lowest BCUT2D eigenvalue weighted by atomic mass is 10.1. The summed E-state index contributed by atoms with van der Waals surface area (Å²) in [6.07, 6.45) is -0.0506. The van der Waals surface area contributed by atoms with E-state index in [-0.39, 0.29) is 17.7 Å². The maximum Gasteiger partial charge on any atom is 0.133 e. The Balaban J connectivity index is 2.88. The van der Waals surface area contributed by atoms with Crippen molar-refractivity contribution in [2.24, 2.45) is 0 Å². The van der Waals surface area contributed by atoms with Crippen molar-refractivity contribution in [3.05, 3.63) is 29.3 Å². The SMILES string of the molecule is COc1cc(F)c(CC[C@@H](C)O)c(F)c1. The summed E-state index contributed by atoms with van der Waals surface area (Å²) >= 11 is 0. The van der Waals surface area contributed by atoms with E-state index in [9.17, 15) is 8.78 Å². The fourth-order valence-electron chi connectivity index (χ4n) is 1.29. The Bertz CT molecular complexity index is 314. The Hall–Kier alpha value is -1.16. The molecule has 0 aliphatic heterocycles. The van der Waals surface area contributed by atoms with Gasteiger partial charge in [0.25, 0.3) is 0 Å². The molecule has 2 nitrogen and oxygen atoms in total. The van der Waals surface area contributed by atoms with Gasteiger partial charge in [0.2, 0.25) is 0 Å². The monoisotopic (exact) mass is 216 g/mol. The van der Waals surface area contributed by atoms with Crippen LogP contribution in [0.3, 0.4) is 0 Å². The third-order valence-corrected chi connectivity index (χ3v) is 2.16. The van der Waals surface area contributed by atoms with Crippen LogP contribution in [0.2, 0.25) is 0 Å². The molecule has 84 valence electrons. The van der Waals surface area contributed by atoms with E-state index in [1.807, 2.05) is 0 Å². The van der Waals surface area contributed by atoms with E-state index in [0.717, 1.165) is 12.1 Å². The average molecular weight is 216 g/mol. The number of benzene rings is 1. The van der Waals surface area contributed by atoms with Crippen molar-refractivity contribution in [3.8, 4) is 5.75 Å². The highest BCUT2D eigenvalue weighted by Gasteiger charge is 2.12. The fraction of sp³-hybridized carbons (Fsp3) is 0.455. The van der Waals surface area contributed by atoms with E-state index in [1.165, 1.54) is 7.11 Å². The van der Waals surface area contributed by atoms with Gasteiger partial charge in [-0.05, 0) is 19.8 Å². The van der Waals surface area contributed by atoms with Crippen LogP contribution in [0.5, 0.6) is 5.75 Å². The van der Waals surface area contributed by atoms with E-state index < -0.39 is 17.7 Å². The van der Waals surface area contributed by atoms with Crippen molar-refractivity contribution in [1.82, 2.24) is 0 Å². The molecule has 1 aromatic rings. The molecule has 1 aromatic carbocycles. The number of aliphatic hydroxyl groups is 1. The maximum atomic E-state index is 13.3. The van der Waals surface area contributed by atoms with Crippen LogP contribution in [0, 0.1) is 11.6 Å². The molecule has 0 saturated heterocycles. The highest BCUT2D eigenvalue weighted by atomic mass is 19.1. The van der Waals surface area contributed by atoms with Crippen molar-refractivity contribution < 1.29 is 18.6 Å². The van der Waals surface area contributed by atoms with Gasteiger partial charge in [-0.2, -0.15) is 0 Å². The first-order chi connectivity index (χ1) is 7.04. The average Bonchev–Trinajstić information content (AvgIpc) is 2.15. The predicted octanol–water partition coefficient (Wildman–Crippen LogP) is 2.29. The zero-order valence-corrected chi connectivity index (χ0v) is 8.76. The van der Waals surface area contributed by atoms with Gasteiger partial charge in [0.05, 0.1) is 13.2 Å². The van der Waals surface area contributed by atoms with Crippen LogP contribution >= 0.6 is 0 Å². The minimum Gasteiger partial charge on any atom is -0.497 e. The normalized spacial score (nSPS) is 12.6. The Labute approximate surface area is 87.5 Å². The van der Waals surface area contributed by atoms with Gasteiger partial charge in [-0.25, -0.2) is 8.78 Å². The summed E-state index contributed by atoms with van der Waals surface area (Å²) < 4.78 is 31.4. The smallest absolute Gasteiger partial charge is 0.133 e. The molecule has 0 bridgehead atoms. The number of methoxy groups -OCH3 is 1. The van der Waals surface area contributed by atoms with Crippen LogP contribution in [-0.4, -0.2) is 18.3 Å². The van der Waals surface area contributed by atoms with Crippen molar-refractivity contribution in [3.63, 3.8) is 0 Å². The van der Waals surface area contributed by atoms with Gasteiger partial charge in [0.15, 0.2) is 0 Å². The van der Waals surface area contributed by atoms with E-state index in [4.69, 9.17) is 9.84 Å². The van der Waals surface area contributed by atoms with E-state index in [0.29, 0.717) is 6.42 Å². The number of ether oxygens (including phenoxy) is 1. The van der Waals surface area contributed by atoms with Crippen LogP contribution in [0.1, 0.15) is 18.9 Å². The van der Waals surface area contributed by atoms with Gasteiger partial charge < -0.3 is 9.84 Å². The van der Waals surface area contributed by atoms with Gasteiger partial charge in [-0.3, -0.25) is 0 Å². The lowest BCUT2D eigenvalue weighted by Crippen LogP contribution is -2.05. The number of aliphatic hydroxyl groups excluding tert-OH is 1. The Morgan fingerprint density at radius 3 is 2.27 bits per heavy atom. The van der Waals surface area contributed by atoms with Crippen molar-refractivity contribution in [2.75, 3.05) is 7.11 Å². The molecular weight excluding hydrogens is 202 g/mol. The van der Waals surface area contributed by atoms with E-state index in [1.54, 1.807) is 6.92 Å². The topological polar surface area (TPSA) is 29.5 Å². The zero-order valence-electron chi connectivity index (χ0n) is 8.76. The Morgan fingerprint density at radius 2 is 1.87 bits per heavy atom. The van der Waals surface area contributed by atoms with Gasteiger partial charge in [-0.1, -0.05) is 0 Å². The third-order valence-electron chi connectivity index (χ3n) is 2.16. The molecule has 15 heavy (non-hydrogen) atoms. The van der Waals surface area contributed by atoms with Crippen molar-refractivity contribution in [2.45, 2.75) is 25.9 Å². The predicted molar refractivity (Wildman–Crippen MR) is 52.9 cm³/mol. The molecule has 1 rings (SSSR count). The second kappa shape index (κ2) is 5.07. The van der Waals surface area contributed by atoms with Gasteiger partial charge in [-0.15, -0.1) is 0 Å². The van der Waals surface area contributed by atoms with Gasteiger partial charge in [0.1, 0.15) is 17.4 Å². The van der Waals surface area contributed by atoms with E-state index in [2.05, 4.69) is 0 Å². The molecule has 0 aliphatic rings. The number of rotatable bonds is 4. The zero-order chi connectivity index (χ0) is 11.4. The maximum absolute atomic E-state index is 13.3. The molecule has 0 heterocycles. The molecule has 0 radical (unpaired) electrons. The quantitative estimate of drug-likeness (QED) is 0.836. The molecule has 0 amide bonds. The Kier molecular flexibility index (Phi) is 4.03. The minimum absolute atomic E-state index is 0.00306. The van der Waals surface area contributed by atoms with Crippen LogP contribution < -0.4 is 4.74 Å². The summed E-state index contributed by atoms with van der Waals surface area (Å²) in [5.41, 5.74) is -0.00306. The number of hydrogen-bond acceptors (Lipinski definition) is 2. The highest BCUT2D eigenvalue weighted by Crippen LogP contribution is 2.21. The van der Waals surface area contributed by atoms with E-state index >= 15 is 0 Å². The summed E-state index contributed by atoms with van der Waals surface area (Å²) in [5.74, 6) is -1.11. The molecule has 0 aliphatic carbocycles. The molecule has 4 heteroatoms. The largest absolute Gasteiger partial charge is 0.497 e.